The topological polar surface area (TPSA) is 70.5 Å². The number of aliphatic carboxylic acids is 1. The third-order valence-electron chi connectivity index (χ3n) is 4.99. The van der Waals surface area contributed by atoms with E-state index in [4.69, 9.17) is 11.6 Å². The van der Waals surface area contributed by atoms with Crippen LogP contribution in [-0.2, 0) is 4.79 Å². The van der Waals surface area contributed by atoms with E-state index in [-0.39, 0.29) is 18.4 Å². The van der Waals surface area contributed by atoms with Gasteiger partial charge in [-0.15, -0.1) is 0 Å². The van der Waals surface area contributed by atoms with E-state index in [1.807, 2.05) is 26.0 Å². The number of carboxylic acid groups (broad SMARTS) is 1. The predicted molar refractivity (Wildman–Crippen MR) is 92.2 cm³/mol. The van der Waals surface area contributed by atoms with Gasteiger partial charge in [-0.3, -0.25) is 9.59 Å². The molecule has 0 aliphatic carbocycles. The number of aromatic nitrogens is 1. The molecule has 0 radical (unpaired) electrons. The summed E-state index contributed by atoms with van der Waals surface area (Å²) >= 11 is 5.98. The van der Waals surface area contributed by atoms with E-state index in [0.29, 0.717) is 29.2 Å². The number of benzene rings is 1. The molecule has 1 aromatic carbocycles. The molecule has 5 nitrogen and oxygen atoms in total. The van der Waals surface area contributed by atoms with Crippen molar-refractivity contribution in [1.82, 2.24) is 9.88 Å². The van der Waals surface area contributed by atoms with Crippen molar-refractivity contribution in [2.24, 2.45) is 11.3 Å². The molecule has 1 fully saturated rings. The van der Waals surface area contributed by atoms with Gasteiger partial charge in [0.15, 0.2) is 0 Å². The minimum Gasteiger partial charge on any atom is -0.481 e. The first-order chi connectivity index (χ1) is 11.3. The SMILES string of the molecule is CC(C)C1(C(=O)O)CCN(C(=O)c2ccc3ccc(Cl)cc3n2)C1. The van der Waals surface area contributed by atoms with Gasteiger partial charge in [-0.2, -0.15) is 0 Å². The van der Waals surface area contributed by atoms with Crippen LogP contribution < -0.4 is 0 Å². The summed E-state index contributed by atoms with van der Waals surface area (Å²) in [6.45, 7) is 4.42. The van der Waals surface area contributed by atoms with E-state index in [2.05, 4.69) is 4.98 Å². The van der Waals surface area contributed by atoms with Gasteiger partial charge in [0, 0.05) is 23.5 Å². The van der Waals surface area contributed by atoms with E-state index in [1.54, 1.807) is 23.1 Å². The number of carboxylic acids is 1. The van der Waals surface area contributed by atoms with Crippen LogP contribution in [0.15, 0.2) is 30.3 Å². The first kappa shape index (κ1) is 16.7. The quantitative estimate of drug-likeness (QED) is 0.923. The molecule has 0 saturated carbocycles. The Kier molecular flexibility index (Phi) is 4.22. The summed E-state index contributed by atoms with van der Waals surface area (Å²) in [6, 6.07) is 8.84. The first-order valence-electron chi connectivity index (χ1n) is 7.92. The Morgan fingerprint density at radius 1 is 1.29 bits per heavy atom. The van der Waals surface area contributed by atoms with Crippen LogP contribution in [-0.4, -0.2) is 40.0 Å². The number of hydrogen-bond acceptors (Lipinski definition) is 3. The molecule has 1 amide bonds. The molecule has 2 aromatic rings. The number of rotatable bonds is 3. The Bertz CT molecular complexity index is 821. The van der Waals surface area contributed by atoms with Crippen LogP contribution in [0.2, 0.25) is 5.02 Å². The van der Waals surface area contributed by atoms with Gasteiger partial charge in [0.25, 0.3) is 5.91 Å². The Balaban J connectivity index is 1.89. The average Bonchev–Trinajstić information content (AvgIpc) is 3.00. The summed E-state index contributed by atoms with van der Waals surface area (Å²) in [5.74, 6) is -1.12. The molecule has 0 bridgehead atoms. The molecular formula is C18H19ClN2O3. The average molecular weight is 347 g/mol. The lowest BCUT2D eigenvalue weighted by atomic mass is 9.76. The zero-order chi connectivity index (χ0) is 17.5. The van der Waals surface area contributed by atoms with Gasteiger partial charge in [0.2, 0.25) is 0 Å². The zero-order valence-corrected chi connectivity index (χ0v) is 14.4. The zero-order valence-electron chi connectivity index (χ0n) is 13.6. The van der Waals surface area contributed by atoms with Gasteiger partial charge < -0.3 is 10.0 Å². The summed E-state index contributed by atoms with van der Waals surface area (Å²) in [5.41, 5.74) is 0.0890. The number of likely N-dealkylation sites (tertiary alicyclic amines) is 1. The third-order valence-corrected chi connectivity index (χ3v) is 5.23. The van der Waals surface area contributed by atoms with Crippen LogP contribution in [0.3, 0.4) is 0 Å². The fourth-order valence-corrected chi connectivity index (χ4v) is 3.44. The molecule has 24 heavy (non-hydrogen) atoms. The van der Waals surface area contributed by atoms with Crippen molar-refractivity contribution in [2.75, 3.05) is 13.1 Å². The number of pyridine rings is 1. The second-order valence-electron chi connectivity index (χ2n) is 6.63. The Labute approximate surface area is 145 Å². The summed E-state index contributed by atoms with van der Waals surface area (Å²) < 4.78 is 0. The number of nitrogens with zero attached hydrogens (tertiary/aromatic N) is 2. The summed E-state index contributed by atoms with van der Waals surface area (Å²) in [5, 5.41) is 11.1. The molecule has 1 saturated heterocycles. The van der Waals surface area contributed by atoms with Gasteiger partial charge in [-0.25, -0.2) is 4.98 Å². The highest BCUT2D eigenvalue weighted by molar-refractivity contribution is 6.31. The Hall–Kier alpha value is -2.14. The van der Waals surface area contributed by atoms with E-state index in [1.165, 1.54) is 0 Å². The lowest BCUT2D eigenvalue weighted by Gasteiger charge is -2.28. The molecule has 3 rings (SSSR count). The molecule has 1 aromatic heterocycles. The normalized spacial score (nSPS) is 20.8. The number of carbonyl (C=O) groups is 2. The van der Waals surface area contributed by atoms with Gasteiger partial charge in [0.1, 0.15) is 5.69 Å². The van der Waals surface area contributed by atoms with Crippen molar-refractivity contribution >= 4 is 34.4 Å². The van der Waals surface area contributed by atoms with Crippen LogP contribution in [0.4, 0.5) is 0 Å². The Morgan fingerprint density at radius 2 is 2.00 bits per heavy atom. The molecule has 2 heterocycles. The highest BCUT2D eigenvalue weighted by atomic mass is 35.5. The van der Waals surface area contributed by atoms with Crippen LogP contribution >= 0.6 is 11.6 Å². The molecule has 1 atom stereocenters. The maximum absolute atomic E-state index is 12.7. The molecular weight excluding hydrogens is 328 g/mol. The lowest BCUT2D eigenvalue weighted by molar-refractivity contribution is -0.150. The van der Waals surface area contributed by atoms with Gasteiger partial charge in [-0.05, 0) is 30.5 Å². The lowest BCUT2D eigenvalue weighted by Crippen LogP contribution is -2.40. The van der Waals surface area contributed by atoms with Crippen LogP contribution in [0, 0.1) is 11.3 Å². The maximum Gasteiger partial charge on any atom is 0.311 e. The fourth-order valence-electron chi connectivity index (χ4n) is 3.27. The number of amides is 1. The van der Waals surface area contributed by atoms with Crippen LogP contribution in [0.1, 0.15) is 30.8 Å². The van der Waals surface area contributed by atoms with Crippen molar-refractivity contribution < 1.29 is 14.7 Å². The smallest absolute Gasteiger partial charge is 0.311 e. The van der Waals surface area contributed by atoms with Crippen molar-refractivity contribution in [3.63, 3.8) is 0 Å². The van der Waals surface area contributed by atoms with E-state index < -0.39 is 11.4 Å². The number of fused-ring (bicyclic) bond motifs is 1. The molecule has 6 heteroatoms. The van der Waals surface area contributed by atoms with Crippen molar-refractivity contribution in [1.29, 1.82) is 0 Å². The standard InChI is InChI=1S/C18H19ClN2O3/c1-11(2)18(17(23)24)7-8-21(10-18)16(22)14-6-4-12-3-5-13(19)9-15(12)20-14/h3-6,9,11H,7-8,10H2,1-2H3,(H,23,24). The predicted octanol–water partition coefficient (Wildman–Crippen LogP) is 3.46. The van der Waals surface area contributed by atoms with Crippen molar-refractivity contribution in [3.05, 3.63) is 41.0 Å². The molecule has 126 valence electrons. The molecule has 0 spiro atoms. The summed E-state index contributed by atoms with van der Waals surface area (Å²) in [4.78, 5) is 30.4. The number of halogens is 1. The second kappa shape index (κ2) is 6.06. The Morgan fingerprint density at radius 3 is 2.62 bits per heavy atom. The minimum atomic E-state index is -0.879. The third kappa shape index (κ3) is 2.73. The van der Waals surface area contributed by atoms with E-state index in [9.17, 15) is 14.7 Å². The monoisotopic (exact) mass is 346 g/mol. The highest BCUT2D eigenvalue weighted by Crippen LogP contribution is 2.38. The largest absolute Gasteiger partial charge is 0.481 e. The first-order valence-corrected chi connectivity index (χ1v) is 8.30. The number of carbonyl (C=O) groups excluding carboxylic acids is 1. The fraction of sp³-hybridized carbons (Fsp3) is 0.389. The highest BCUT2D eigenvalue weighted by Gasteiger charge is 2.48. The molecule has 1 N–H and O–H groups in total. The molecule has 1 aliphatic heterocycles. The maximum atomic E-state index is 12.7. The van der Waals surface area contributed by atoms with Crippen molar-refractivity contribution in [2.45, 2.75) is 20.3 Å². The molecule has 1 unspecified atom stereocenters. The van der Waals surface area contributed by atoms with Crippen LogP contribution in [0.25, 0.3) is 10.9 Å². The van der Waals surface area contributed by atoms with Gasteiger partial charge in [0.05, 0.1) is 10.9 Å². The van der Waals surface area contributed by atoms with Crippen molar-refractivity contribution in [3.8, 4) is 0 Å². The second-order valence-corrected chi connectivity index (χ2v) is 7.06. The summed E-state index contributed by atoms with van der Waals surface area (Å²) in [7, 11) is 0. The minimum absolute atomic E-state index is 0.0452. The van der Waals surface area contributed by atoms with Crippen LogP contribution in [0.5, 0.6) is 0 Å². The summed E-state index contributed by atoms with van der Waals surface area (Å²) in [6.07, 6.45) is 0.463. The van der Waals surface area contributed by atoms with Gasteiger partial charge in [-0.1, -0.05) is 37.6 Å². The van der Waals surface area contributed by atoms with Gasteiger partial charge >= 0.3 is 5.97 Å². The van der Waals surface area contributed by atoms with E-state index >= 15 is 0 Å². The number of hydrogen-bond donors (Lipinski definition) is 1. The van der Waals surface area contributed by atoms with E-state index in [0.717, 1.165) is 5.39 Å². The molecule has 1 aliphatic rings.